The van der Waals surface area contributed by atoms with Gasteiger partial charge >= 0.3 is 0 Å². The van der Waals surface area contributed by atoms with Gasteiger partial charge in [0.05, 0.1) is 12.0 Å². The Bertz CT molecular complexity index is 1030. The standard InChI is InChI=1S/C25H30FN5O2/c1-2-15-6-8-16(9-7-15)14-27-24(32)18-10-11-20-21(13-18)31-23(28-25(20)33)22(29-30-31)17-4-3-5-19(26)12-17/h3-9,12,18,20-23,29-30H,2,10-11,13-14H2,1H3,(H,27,32)(H,28,33). The molecule has 1 aliphatic carbocycles. The van der Waals surface area contributed by atoms with Crippen molar-refractivity contribution in [1.29, 1.82) is 0 Å². The number of halogens is 1. The fourth-order valence-electron chi connectivity index (χ4n) is 5.34. The zero-order valence-electron chi connectivity index (χ0n) is 18.7. The number of hydrogen-bond donors (Lipinski definition) is 4. The van der Waals surface area contributed by atoms with Crippen LogP contribution in [0, 0.1) is 17.7 Å². The van der Waals surface area contributed by atoms with Gasteiger partial charge in [-0.3, -0.25) is 9.59 Å². The van der Waals surface area contributed by atoms with Gasteiger partial charge in [-0.15, -0.1) is 0 Å². The lowest BCUT2D eigenvalue weighted by atomic mass is 9.75. The maximum Gasteiger partial charge on any atom is 0.226 e. The van der Waals surface area contributed by atoms with E-state index in [9.17, 15) is 14.0 Å². The third-order valence-corrected chi connectivity index (χ3v) is 7.24. The van der Waals surface area contributed by atoms with E-state index in [1.165, 1.54) is 17.7 Å². The van der Waals surface area contributed by atoms with Gasteiger partial charge in [0.25, 0.3) is 0 Å². The molecule has 2 saturated heterocycles. The van der Waals surface area contributed by atoms with Crippen molar-refractivity contribution in [1.82, 2.24) is 26.6 Å². The molecule has 8 heteroatoms. The third kappa shape index (κ3) is 4.38. The first-order chi connectivity index (χ1) is 16.0. The van der Waals surface area contributed by atoms with Gasteiger partial charge in [-0.1, -0.05) is 43.3 Å². The summed E-state index contributed by atoms with van der Waals surface area (Å²) >= 11 is 0. The molecule has 5 atom stereocenters. The van der Waals surface area contributed by atoms with Crippen LogP contribution >= 0.6 is 0 Å². The molecule has 2 amide bonds. The highest BCUT2D eigenvalue weighted by atomic mass is 19.1. The zero-order valence-corrected chi connectivity index (χ0v) is 18.7. The van der Waals surface area contributed by atoms with Crippen LogP contribution in [0.3, 0.4) is 0 Å². The number of rotatable bonds is 5. The average Bonchev–Trinajstić information content (AvgIpc) is 3.26. The fraction of sp³-hybridized carbons (Fsp3) is 0.440. The molecule has 3 fully saturated rings. The summed E-state index contributed by atoms with van der Waals surface area (Å²) in [6, 6.07) is 14.3. The number of benzene rings is 2. The van der Waals surface area contributed by atoms with Crippen molar-refractivity contribution >= 4 is 11.8 Å². The molecule has 0 radical (unpaired) electrons. The van der Waals surface area contributed by atoms with E-state index in [2.05, 4.69) is 52.8 Å². The number of fused-ring (bicyclic) bond motifs is 3. The number of amides is 2. The van der Waals surface area contributed by atoms with E-state index in [1.54, 1.807) is 6.07 Å². The van der Waals surface area contributed by atoms with E-state index in [0.29, 0.717) is 25.8 Å². The fourth-order valence-corrected chi connectivity index (χ4v) is 5.34. The predicted octanol–water partition coefficient (Wildman–Crippen LogP) is 2.31. The molecule has 33 heavy (non-hydrogen) atoms. The molecular formula is C25H30FN5O2. The van der Waals surface area contributed by atoms with Crippen LogP contribution in [0.25, 0.3) is 0 Å². The number of hydrazine groups is 2. The van der Waals surface area contributed by atoms with Crippen molar-refractivity contribution in [3.05, 3.63) is 71.0 Å². The van der Waals surface area contributed by atoms with Crippen LogP contribution < -0.4 is 21.6 Å². The van der Waals surface area contributed by atoms with Crippen LogP contribution in [0.1, 0.15) is 48.9 Å². The number of hydrogen-bond acceptors (Lipinski definition) is 5. The summed E-state index contributed by atoms with van der Waals surface area (Å²) in [7, 11) is 0. The quantitative estimate of drug-likeness (QED) is 0.561. The number of aryl methyl sites for hydroxylation is 1. The second-order valence-electron chi connectivity index (χ2n) is 9.22. The third-order valence-electron chi connectivity index (χ3n) is 7.24. The number of carbonyl (C=O) groups excluding carboxylic acids is 2. The Morgan fingerprint density at radius 2 is 1.94 bits per heavy atom. The molecule has 2 aromatic carbocycles. The average molecular weight is 452 g/mol. The first kappa shape index (κ1) is 22.0. The summed E-state index contributed by atoms with van der Waals surface area (Å²) in [6.45, 7) is 2.62. The van der Waals surface area contributed by atoms with Gasteiger partial charge in [0.15, 0.2) is 0 Å². The SMILES string of the molecule is CCc1ccc(CNC(=O)C2CCC3C(=O)NC4C(c5cccc(F)c5)NNN4C3C2)cc1. The summed E-state index contributed by atoms with van der Waals surface area (Å²) in [5, 5.41) is 8.17. The Morgan fingerprint density at radius 1 is 1.15 bits per heavy atom. The second kappa shape index (κ2) is 9.21. The molecule has 1 saturated carbocycles. The first-order valence-corrected chi connectivity index (χ1v) is 11.7. The molecule has 5 rings (SSSR count). The molecule has 5 unspecified atom stereocenters. The van der Waals surface area contributed by atoms with Gasteiger partial charge in [-0.25, -0.2) is 14.8 Å². The van der Waals surface area contributed by atoms with Crippen molar-refractivity contribution in [2.24, 2.45) is 11.8 Å². The maximum absolute atomic E-state index is 13.8. The van der Waals surface area contributed by atoms with Crippen molar-refractivity contribution in [3.8, 4) is 0 Å². The molecule has 0 spiro atoms. The van der Waals surface area contributed by atoms with Crippen LogP contribution in [0.5, 0.6) is 0 Å². The Kier molecular flexibility index (Phi) is 6.14. The van der Waals surface area contributed by atoms with Crippen LogP contribution in [-0.4, -0.2) is 29.0 Å². The van der Waals surface area contributed by atoms with Gasteiger partial charge in [0.2, 0.25) is 11.8 Å². The van der Waals surface area contributed by atoms with E-state index in [-0.39, 0.29) is 47.7 Å². The molecule has 4 N–H and O–H groups in total. The molecule has 2 heterocycles. The first-order valence-electron chi connectivity index (χ1n) is 11.7. The minimum Gasteiger partial charge on any atom is -0.352 e. The second-order valence-corrected chi connectivity index (χ2v) is 9.22. The molecule has 2 aromatic rings. The van der Waals surface area contributed by atoms with Crippen LogP contribution in [0.2, 0.25) is 0 Å². The summed E-state index contributed by atoms with van der Waals surface area (Å²) < 4.78 is 13.8. The smallest absolute Gasteiger partial charge is 0.226 e. The molecule has 0 aromatic heterocycles. The van der Waals surface area contributed by atoms with E-state index >= 15 is 0 Å². The van der Waals surface area contributed by atoms with Crippen molar-refractivity contribution < 1.29 is 14.0 Å². The van der Waals surface area contributed by atoms with Gasteiger partial charge in [-0.2, -0.15) is 5.53 Å². The highest BCUT2D eigenvalue weighted by molar-refractivity contribution is 5.83. The minimum absolute atomic E-state index is 0.00280. The molecule has 0 bridgehead atoms. The van der Waals surface area contributed by atoms with E-state index < -0.39 is 0 Å². The van der Waals surface area contributed by atoms with Gasteiger partial charge in [0.1, 0.15) is 12.0 Å². The summed E-state index contributed by atoms with van der Waals surface area (Å²) in [6.07, 6.45) is 2.59. The molecular weight excluding hydrogens is 421 g/mol. The van der Waals surface area contributed by atoms with Gasteiger partial charge in [-0.05, 0) is 54.5 Å². The predicted molar refractivity (Wildman–Crippen MR) is 121 cm³/mol. The highest BCUT2D eigenvalue weighted by Crippen LogP contribution is 2.38. The number of nitrogens with one attached hydrogen (secondary N) is 4. The Morgan fingerprint density at radius 3 is 2.70 bits per heavy atom. The van der Waals surface area contributed by atoms with E-state index in [1.807, 2.05) is 11.1 Å². The van der Waals surface area contributed by atoms with Crippen molar-refractivity contribution in [3.63, 3.8) is 0 Å². The molecule has 174 valence electrons. The number of nitrogens with zero attached hydrogens (tertiary/aromatic N) is 1. The summed E-state index contributed by atoms with van der Waals surface area (Å²) in [5.41, 5.74) is 9.49. The topological polar surface area (TPSA) is 85.5 Å². The zero-order chi connectivity index (χ0) is 22.9. The Labute approximate surface area is 193 Å². The maximum atomic E-state index is 13.8. The van der Waals surface area contributed by atoms with E-state index in [0.717, 1.165) is 17.5 Å². The van der Waals surface area contributed by atoms with Gasteiger partial charge in [0, 0.05) is 18.5 Å². The van der Waals surface area contributed by atoms with Gasteiger partial charge < -0.3 is 10.6 Å². The lowest BCUT2D eigenvalue weighted by Gasteiger charge is -2.46. The lowest BCUT2D eigenvalue weighted by Crippen LogP contribution is -2.65. The summed E-state index contributed by atoms with van der Waals surface area (Å²) in [5.74, 6) is -0.603. The lowest BCUT2D eigenvalue weighted by molar-refractivity contribution is -0.143. The summed E-state index contributed by atoms with van der Waals surface area (Å²) in [4.78, 5) is 25.8. The van der Waals surface area contributed by atoms with E-state index in [4.69, 9.17) is 0 Å². The normalized spacial score (nSPS) is 29.2. The minimum atomic E-state index is -0.348. The Balaban J connectivity index is 1.25. The largest absolute Gasteiger partial charge is 0.352 e. The molecule has 2 aliphatic heterocycles. The number of carbonyl (C=O) groups is 2. The monoisotopic (exact) mass is 451 g/mol. The van der Waals surface area contributed by atoms with Crippen LogP contribution in [-0.2, 0) is 22.6 Å². The van der Waals surface area contributed by atoms with Crippen molar-refractivity contribution in [2.75, 3.05) is 0 Å². The van der Waals surface area contributed by atoms with Crippen LogP contribution in [0.15, 0.2) is 48.5 Å². The van der Waals surface area contributed by atoms with Crippen LogP contribution in [0.4, 0.5) is 4.39 Å². The Hall–Kier alpha value is -2.81. The molecule has 3 aliphatic rings. The molecule has 7 nitrogen and oxygen atoms in total. The van der Waals surface area contributed by atoms with Crippen molar-refractivity contribution in [2.45, 2.75) is 57.4 Å². The highest BCUT2D eigenvalue weighted by Gasteiger charge is 2.51.